The summed E-state index contributed by atoms with van der Waals surface area (Å²) in [6, 6.07) is 8.67. The molecule has 2 aliphatic carbocycles. The molecule has 0 unspecified atom stereocenters. The fourth-order valence-electron chi connectivity index (χ4n) is 3.69. The van der Waals surface area contributed by atoms with Crippen LogP contribution in [0.4, 0.5) is 5.69 Å². The summed E-state index contributed by atoms with van der Waals surface area (Å²) >= 11 is 0. The van der Waals surface area contributed by atoms with Crippen LogP contribution >= 0.6 is 0 Å². The van der Waals surface area contributed by atoms with E-state index in [0.29, 0.717) is 18.0 Å². The van der Waals surface area contributed by atoms with Gasteiger partial charge in [-0.05, 0) is 54.2 Å². The van der Waals surface area contributed by atoms with Gasteiger partial charge in [0.05, 0.1) is 12.6 Å². The summed E-state index contributed by atoms with van der Waals surface area (Å²) in [7, 11) is 0. The van der Waals surface area contributed by atoms with Gasteiger partial charge < -0.3 is 10.6 Å². The summed E-state index contributed by atoms with van der Waals surface area (Å²) in [5.41, 5.74) is 1.87. The molecule has 2 atom stereocenters. The topological polar surface area (TPSA) is 84.7 Å². The van der Waals surface area contributed by atoms with Gasteiger partial charge >= 0.3 is 0 Å². The van der Waals surface area contributed by atoms with Gasteiger partial charge in [-0.1, -0.05) is 31.9 Å². The molecule has 0 spiro atoms. The highest BCUT2D eigenvalue weighted by molar-refractivity contribution is 5.81. The molecule has 4 rings (SSSR count). The van der Waals surface area contributed by atoms with Gasteiger partial charge in [-0.2, -0.15) is 0 Å². The van der Waals surface area contributed by atoms with Gasteiger partial charge in [-0.15, -0.1) is 5.10 Å². The Hall–Kier alpha value is -2.44. The number of amides is 1. The molecule has 2 saturated carbocycles. The Morgan fingerprint density at radius 1 is 1.23 bits per heavy atom. The van der Waals surface area contributed by atoms with Crippen LogP contribution in [-0.2, 0) is 4.79 Å². The number of hydrogen-bond acceptors (Lipinski definition) is 5. The van der Waals surface area contributed by atoms with Crippen molar-refractivity contribution in [2.24, 2.45) is 5.92 Å². The first-order valence-electron chi connectivity index (χ1n) is 9.62. The number of rotatable bonds is 6. The molecule has 26 heavy (non-hydrogen) atoms. The van der Waals surface area contributed by atoms with Gasteiger partial charge in [0.25, 0.3) is 0 Å². The van der Waals surface area contributed by atoms with Crippen LogP contribution in [0, 0.1) is 5.92 Å². The minimum Gasteiger partial charge on any atom is -0.376 e. The monoisotopic (exact) mass is 354 g/mol. The molecule has 0 bridgehead atoms. The summed E-state index contributed by atoms with van der Waals surface area (Å²) in [5.74, 6) is 1.41. The summed E-state index contributed by atoms with van der Waals surface area (Å²) in [6.07, 6.45) is 7.05. The van der Waals surface area contributed by atoms with E-state index < -0.39 is 0 Å². The molecular formula is C19H26N6O. The maximum Gasteiger partial charge on any atom is 0.239 e. The first kappa shape index (κ1) is 17.0. The van der Waals surface area contributed by atoms with Crippen molar-refractivity contribution in [1.29, 1.82) is 0 Å². The van der Waals surface area contributed by atoms with Crippen LogP contribution in [0.25, 0.3) is 11.4 Å². The second-order valence-electron chi connectivity index (χ2n) is 7.55. The Kier molecular flexibility index (Phi) is 4.86. The predicted octanol–water partition coefficient (Wildman–Crippen LogP) is 2.78. The number of nitrogens with one attached hydrogen (secondary N) is 2. The Bertz CT molecular complexity index is 769. The van der Waals surface area contributed by atoms with Gasteiger partial charge in [0, 0.05) is 17.3 Å². The number of carbonyl (C=O) groups is 1. The zero-order chi connectivity index (χ0) is 17.9. The second kappa shape index (κ2) is 7.43. The van der Waals surface area contributed by atoms with Crippen LogP contribution in [0.15, 0.2) is 24.3 Å². The Balaban J connectivity index is 1.36. The number of tetrazole rings is 1. The van der Waals surface area contributed by atoms with Crippen LogP contribution in [0.5, 0.6) is 0 Å². The molecule has 1 aromatic heterocycles. The Morgan fingerprint density at radius 3 is 2.88 bits per heavy atom. The van der Waals surface area contributed by atoms with Crippen molar-refractivity contribution in [2.75, 3.05) is 11.9 Å². The molecule has 0 aliphatic heterocycles. The molecule has 2 aromatic rings. The van der Waals surface area contributed by atoms with Crippen molar-refractivity contribution in [2.45, 2.75) is 57.5 Å². The number of anilines is 1. The van der Waals surface area contributed by atoms with E-state index in [4.69, 9.17) is 0 Å². The van der Waals surface area contributed by atoms with E-state index in [9.17, 15) is 4.79 Å². The highest BCUT2D eigenvalue weighted by atomic mass is 16.2. The zero-order valence-electron chi connectivity index (χ0n) is 15.2. The van der Waals surface area contributed by atoms with Gasteiger partial charge in [0.1, 0.15) is 0 Å². The predicted molar refractivity (Wildman–Crippen MR) is 99.6 cm³/mol. The molecule has 1 aromatic carbocycles. The van der Waals surface area contributed by atoms with Crippen molar-refractivity contribution in [1.82, 2.24) is 25.5 Å². The first-order chi connectivity index (χ1) is 12.7. The largest absolute Gasteiger partial charge is 0.376 e. The Morgan fingerprint density at radius 2 is 2.08 bits per heavy atom. The van der Waals surface area contributed by atoms with E-state index in [1.807, 2.05) is 28.9 Å². The summed E-state index contributed by atoms with van der Waals surface area (Å²) in [5, 5.41) is 18.5. The van der Waals surface area contributed by atoms with Crippen molar-refractivity contribution in [3.05, 3.63) is 24.3 Å². The van der Waals surface area contributed by atoms with Gasteiger partial charge in [-0.3, -0.25) is 4.79 Å². The molecule has 1 heterocycles. The minimum atomic E-state index is 0.0527. The zero-order valence-corrected chi connectivity index (χ0v) is 15.2. The first-order valence-corrected chi connectivity index (χ1v) is 9.62. The number of aromatic nitrogens is 4. The lowest BCUT2D eigenvalue weighted by molar-refractivity contribution is -0.120. The van der Waals surface area contributed by atoms with Crippen LogP contribution in [0.2, 0.25) is 0 Å². The molecular weight excluding hydrogens is 328 g/mol. The maximum absolute atomic E-state index is 12.3. The molecule has 2 aliphatic rings. The van der Waals surface area contributed by atoms with E-state index in [1.165, 1.54) is 19.3 Å². The average Bonchev–Trinajstić information content (AvgIpc) is 3.38. The molecule has 0 saturated heterocycles. The fourth-order valence-corrected chi connectivity index (χ4v) is 3.69. The van der Waals surface area contributed by atoms with Gasteiger partial charge in [0.15, 0.2) is 5.82 Å². The average molecular weight is 354 g/mol. The summed E-state index contributed by atoms with van der Waals surface area (Å²) < 4.78 is 1.90. The highest BCUT2D eigenvalue weighted by Crippen LogP contribution is 2.36. The number of benzene rings is 1. The summed E-state index contributed by atoms with van der Waals surface area (Å²) in [6.45, 7) is 2.51. The lowest BCUT2D eigenvalue weighted by Crippen LogP contribution is -2.43. The summed E-state index contributed by atoms with van der Waals surface area (Å²) in [4.78, 5) is 12.3. The van der Waals surface area contributed by atoms with E-state index in [0.717, 1.165) is 36.3 Å². The van der Waals surface area contributed by atoms with Gasteiger partial charge in [-0.25, -0.2) is 4.68 Å². The lowest BCUT2D eigenvalue weighted by Gasteiger charge is -2.29. The lowest BCUT2D eigenvalue weighted by atomic mass is 9.86. The molecule has 7 nitrogen and oxygen atoms in total. The number of hydrogen-bond donors (Lipinski definition) is 2. The van der Waals surface area contributed by atoms with E-state index in [-0.39, 0.29) is 12.5 Å². The molecule has 2 fully saturated rings. The molecule has 1 amide bonds. The van der Waals surface area contributed by atoms with E-state index in [2.05, 4.69) is 33.1 Å². The van der Waals surface area contributed by atoms with Gasteiger partial charge in [0.2, 0.25) is 5.91 Å². The van der Waals surface area contributed by atoms with Crippen LogP contribution in [-0.4, -0.2) is 38.7 Å². The van der Waals surface area contributed by atoms with Crippen molar-refractivity contribution >= 4 is 11.6 Å². The molecule has 7 heteroatoms. The number of carbonyl (C=O) groups excluding carboxylic acids is 1. The second-order valence-corrected chi connectivity index (χ2v) is 7.55. The highest BCUT2D eigenvalue weighted by Gasteiger charge is 2.28. The van der Waals surface area contributed by atoms with Crippen LogP contribution in [0.3, 0.4) is 0 Å². The minimum absolute atomic E-state index is 0.0527. The fraction of sp³-hybridized carbons (Fsp3) is 0.579. The van der Waals surface area contributed by atoms with Crippen molar-refractivity contribution < 1.29 is 4.79 Å². The number of nitrogens with zero attached hydrogens (tertiary/aromatic N) is 4. The molecule has 138 valence electrons. The third-order valence-electron chi connectivity index (χ3n) is 5.42. The van der Waals surface area contributed by atoms with Crippen molar-refractivity contribution in [3.8, 4) is 11.4 Å². The Labute approximate surface area is 153 Å². The normalized spacial score (nSPS) is 22.8. The maximum atomic E-state index is 12.3. The molecule has 0 radical (unpaired) electrons. The van der Waals surface area contributed by atoms with Crippen molar-refractivity contribution in [3.63, 3.8) is 0 Å². The SMILES string of the molecule is C[C@H]1CCCC[C@H]1NC(=O)CNc1cccc(-c2nnnn2C2CC2)c1. The van der Waals surface area contributed by atoms with Crippen LogP contribution < -0.4 is 10.6 Å². The standard InChI is InChI=1S/C19H26N6O/c1-13-5-2-3-8-17(13)21-18(26)12-20-15-7-4-6-14(11-15)19-22-23-24-25(19)16-9-10-16/h4,6-7,11,13,16-17,20H,2-3,5,8-10,12H2,1H3,(H,21,26)/t13-,17+/m0/s1. The third-order valence-corrected chi connectivity index (χ3v) is 5.42. The van der Waals surface area contributed by atoms with Crippen LogP contribution in [0.1, 0.15) is 51.5 Å². The molecule has 2 N–H and O–H groups in total. The van der Waals surface area contributed by atoms with E-state index >= 15 is 0 Å². The van der Waals surface area contributed by atoms with E-state index in [1.54, 1.807) is 0 Å². The smallest absolute Gasteiger partial charge is 0.239 e. The third kappa shape index (κ3) is 3.86. The quantitative estimate of drug-likeness (QED) is 0.833.